The number of piperidine rings is 1. The quantitative estimate of drug-likeness (QED) is 0.770. The molecule has 3 heteroatoms. The Morgan fingerprint density at radius 1 is 1.17 bits per heavy atom. The number of hydrogen-bond acceptors (Lipinski definition) is 2. The lowest BCUT2D eigenvalue weighted by Crippen LogP contribution is -2.45. The summed E-state index contributed by atoms with van der Waals surface area (Å²) in [7, 11) is 0. The minimum atomic E-state index is 0.724. The normalized spacial score (nSPS) is 22.3. The minimum Gasteiger partial charge on any atom is -0.337 e. The summed E-state index contributed by atoms with van der Waals surface area (Å²) in [6.07, 6.45) is 12.3. The fourth-order valence-electron chi connectivity index (χ4n) is 3.91. The Balaban J connectivity index is 1.50. The molecule has 0 spiro atoms. The topological polar surface area (TPSA) is 21.1 Å². The molecule has 0 N–H and O–H groups in total. The van der Waals surface area contributed by atoms with Gasteiger partial charge < -0.3 is 9.47 Å². The van der Waals surface area contributed by atoms with Gasteiger partial charge in [-0.3, -0.25) is 0 Å². The van der Waals surface area contributed by atoms with Crippen molar-refractivity contribution in [3.63, 3.8) is 0 Å². The number of aryl methyl sites for hydroxylation is 2. The Hall–Kier alpha value is -1.61. The van der Waals surface area contributed by atoms with E-state index in [2.05, 4.69) is 57.9 Å². The molecule has 1 aromatic carbocycles. The van der Waals surface area contributed by atoms with Crippen molar-refractivity contribution in [2.45, 2.75) is 51.6 Å². The summed E-state index contributed by atoms with van der Waals surface area (Å²) in [5, 5.41) is 0. The summed E-state index contributed by atoms with van der Waals surface area (Å²) in [5.41, 5.74) is 1.47. The van der Waals surface area contributed by atoms with Crippen molar-refractivity contribution >= 4 is 0 Å². The zero-order valence-electron chi connectivity index (χ0n) is 14.3. The number of rotatable bonds is 7. The molecule has 23 heavy (non-hydrogen) atoms. The van der Waals surface area contributed by atoms with Crippen LogP contribution >= 0.6 is 0 Å². The Morgan fingerprint density at radius 2 is 2.04 bits per heavy atom. The third-order valence-corrected chi connectivity index (χ3v) is 5.23. The largest absolute Gasteiger partial charge is 0.337 e. The number of imidazole rings is 1. The van der Waals surface area contributed by atoms with Gasteiger partial charge in [0.15, 0.2) is 0 Å². The molecule has 0 bridgehead atoms. The molecule has 2 atom stereocenters. The van der Waals surface area contributed by atoms with Crippen molar-refractivity contribution < 1.29 is 0 Å². The van der Waals surface area contributed by atoms with Gasteiger partial charge in [0.1, 0.15) is 0 Å². The van der Waals surface area contributed by atoms with Crippen LogP contribution in [0.25, 0.3) is 0 Å². The maximum absolute atomic E-state index is 4.16. The summed E-state index contributed by atoms with van der Waals surface area (Å²) >= 11 is 0. The molecule has 0 radical (unpaired) electrons. The van der Waals surface area contributed by atoms with Crippen LogP contribution in [0.1, 0.15) is 38.2 Å². The van der Waals surface area contributed by atoms with Crippen molar-refractivity contribution in [2.24, 2.45) is 5.92 Å². The fourth-order valence-corrected chi connectivity index (χ4v) is 3.91. The third kappa shape index (κ3) is 4.68. The van der Waals surface area contributed by atoms with E-state index in [1.54, 1.807) is 0 Å². The Kier molecular flexibility index (Phi) is 5.87. The Morgan fingerprint density at radius 3 is 2.83 bits per heavy atom. The van der Waals surface area contributed by atoms with Gasteiger partial charge in [-0.15, -0.1) is 0 Å². The van der Waals surface area contributed by atoms with Crippen LogP contribution in [0.15, 0.2) is 49.1 Å². The third-order valence-electron chi connectivity index (χ3n) is 5.23. The van der Waals surface area contributed by atoms with E-state index in [1.165, 1.54) is 50.8 Å². The van der Waals surface area contributed by atoms with Crippen LogP contribution in [-0.2, 0) is 13.0 Å². The molecule has 2 unspecified atom stereocenters. The molecular weight excluding hydrogens is 282 g/mol. The van der Waals surface area contributed by atoms with Crippen LogP contribution < -0.4 is 0 Å². The number of likely N-dealkylation sites (tertiary alicyclic amines) is 1. The highest BCUT2D eigenvalue weighted by Gasteiger charge is 2.27. The molecule has 1 fully saturated rings. The lowest BCUT2D eigenvalue weighted by atomic mass is 9.88. The fraction of sp³-hybridized carbons (Fsp3) is 0.550. The SMILES string of the molecule is CC1CCCN(CCCc2ccccc2)C1CCn1ccnc1. The van der Waals surface area contributed by atoms with Gasteiger partial charge in [0, 0.05) is 25.0 Å². The van der Waals surface area contributed by atoms with Crippen molar-refractivity contribution in [2.75, 3.05) is 13.1 Å². The first-order chi connectivity index (χ1) is 11.3. The number of hydrogen-bond donors (Lipinski definition) is 0. The molecule has 1 aliphatic rings. The maximum Gasteiger partial charge on any atom is 0.0945 e. The van der Waals surface area contributed by atoms with E-state index in [4.69, 9.17) is 0 Å². The summed E-state index contributed by atoms with van der Waals surface area (Å²) in [6, 6.07) is 11.6. The average molecular weight is 311 g/mol. The predicted molar refractivity (Wildman–Crippen MR) is 95.4 cm³/mol. The van der Waals surface area contributed by atoms with Crippen molar-refractivity contribution in [3.8, 4) is 0 Å². The summed E-state index contributed by atoms with van der Waals surface area (Å²) < 4.78 is 2.21. The first kappa shape index (κ1) is 16.3. The number of benzene rings is 1. The standard InChI is InChI=1S/C20H29N3/c1-18-7-5-13-23(14-6-10-19-8-3-2-4-9-19)20(18)11-15-22-16-12-21-17-22/h2-4,8-9,12,16-18,20H,5-7,10-11,13-15H2,1H3. The summed E-state index contributed by atoms with van der Waals surface area (Å²) in [4.78, 5) is 6.90. The van der Waals surface area contributed by atoms with Gasteiger partial charge >= 0.3 is 0 Å². The molecular formula is C20H29N3. The molecule has 0 amide bonds. The second kappa shape index (κ2) is 8.30. The zero-order valence-corrected chi connectivity index (χ0v) is 14.3. The molecule has 3 rings (SSSR count). The summed E-state index contributed by atoms with van der Waals surface area (Å²) in [5.74, 6) is 0.809. The smallest absolute Gasteiger partial charge is 0.0945 e. The zero-order chi connectivity index (χ0) is 15.9. The molecule has 1 saturated heterocycles. The van der Waals surface area contributed by atoms with Gasteiger partial charge in [-0.2, -0.15) is 0 Å². The van der Waals surface area contributed by atoms with E-state index in [0.29, 0.717) is 0 Å². The van der Waals surface area contributed by atoms with Gasteiger partial charge in [0.25, 0.3) is 0 Å². The first-order valence-corrected chi connectivity index (χ1v) is 9.06. The Bertz CT molecular complexity index is 550. The molecule has 1 aromatic heterocycles. The maximum atomic E-state index is 4.16. The Labute approximate surface area is 140 Å². The van der Waals surface area contributed by atoms with Gasteiger partial charge in [-0.05, 0) is 56.7 Å². The predicted octanol–water partition coefficient (Wildman–Crippen LogP) is 4.01. The lowest BCUT2D eigenvalue weighted by Gasteiger charge is -2.40. The van der Waals surface area contributed by atoms with Gasteiger partial charge in [-0.1, -0.05) is 37.3 Å². The van der Waals surface area contributed by atoms with Crippen LogP contribution in [0, 0.1) is 5.92 Å². The molecule has 124 valence electrons. The molecule has 2 aromatic rings. The highest BCUT2D eigenvalue weighted by Crippen LogP contribution is 2.26. The van der Waals surface area contributed by atoms with E-state index in [0.717, 1.165) is 18.5 Å². The second-order valence-corrected chi connectivity index (χ2v) is 6.90. The van der Waals surface area contributed by atoms with E-state index in [1.807, 2.05) is 12.5 Å². The van der Waals surface area contributed by atoms with Crippen molar-refractivity contribution in [3.05, 3.63) is 54.6 Å². The second-order valence-electron chi connectivity index (χ2n) is 6.90. The van der Waals surface area contributed by atoms with E-state index in [9.17, 15) is 0 Å². The van der Waals surface area contributed by atoms with E-state index < -0.39 is 0 Å². The van der Waals surface area contributed by atoms with E-state index in [-0.39, 0.29) is 0 Å². The van der Waals surface area contributed by atoms with Crippen LogP contribution in [0.2, 0.25) is 0 Å². The molecule has 2 heterocycles. The monoisotopic (exact) mass is 311 g/mol. The first-order valence-electron chi connectivity index (χ1n) is 9.06. The molecule has 0 aliphatic carbocycles. The highest BCUT2D eigenvalue weighted by atomic mass is 15.2. The van der Waals surface area contributed by atoms with Gasteiger partial charge in [-0.25, -0.2) is 4.98 Å². The molecule has 0 saturated carbocycles. The number of aromatic nitrogens is 2. The van der Waals surface area contributed by atoms with Crippen LogP contribution in [-0.4, -0.2) is 33.6 Å². The molecule has 3 nitrogen and oxygen atoms in total. The van der Waals surface area contributed by atoms with Crippen LogP contribution in [0.3, 0.4) is 0 Å². The average Bonchev–Trinajstić information content (AvgIpc) is 3.09. The summed E-state index contributed by atoms with van der Waals surface area (Å²) in [6.45, 7) is 6.02. The van der Waals surface area contributed by atoms with Crippen molar-refractivity contribution in [1.29, 1.82) is 0 Å². The van der Waals surface area contributed by atoms with Gasteiger partial charge in [0.05, 0.1) is 6.33 Å². The molecule has 1 aliphatic heterocycles. The lowest BCUT2D eigenvalue weighted by molar-refractivity contribution is 0.0896. The van der Waals surface area contributed by atoms with Crippen molar-refractivity contribution in [1.82, 2.24) is 14.5 Å². The van der Waals surface area contributed by atoms with Crippen LogP contribution in [0.5, 0.6) is 0 Å². The minimum absolute atomic E-state index is 0.724. The highest BCUT2D eigenvalue weighted by molar-refractivity contribution is 5.14. The van der Waals surface area contributed by atoms with E-state index >= 15 is 0 Å². The van der Waals surface area contributed by atoms with Gasteiger partial charge in [0.2, 0.25) is 0 Å². The van der Waals surface area contributed by atoms with Crippen LogP contribution in [0.4, 0.5) is 0 Å². The number of nitrogens with zero attached hydrogens (tertiary/aromatic N) is 3.